The Bertz CT molecular complexity index is 423. The summed E-state index contributed by atoms with van der Waals surface area (Å²) >= 11 is 7.19. The molecule has 1 aromatic heterocycles. The van der Waals surface area contributed by atoms with Crippen LogP contribution in [0.5, 0.6) is 0 Å². The SMILES string of the molecule is CCOC(=O)C(=O)c1ccc(SC)nc1Cl. The van der Waals surface area contributed by atoms with Crippen molar-refractivity contribution in [2.45, 2.75) is 11.9 Å². The number of ether oxygens (including phenoxy) is 1. The fourth-order valence-electron chi connectivity index (χ4n) is 1.01. The van der Waals surface area contributed by atoms with Gasteiger partial charge in [-0.25, -0.2) is 9.78 Å². The van der Waals surface area contributed by atoms with Gasteiger partial charge in [0.25, 0.3) is 5.78 Å². The Hall–Kier alpha value is -1.07. The highest BCUT2D eigenvalue weighted by Crippen LogP contribution is 2.19. The van der Waals surface area contributed by atoms with Crippen molar-refractivity contribution in [1.82, 2.24) is 4.98 Å². The highest BCUT2D eigenvalue weighted by atomic mass is 35.5. The minimum atomic E-state index is -0.914. The van der Waals surface area contributed by atoms with Crippen molar-refractivity contribution in [1.29, 1.82) is 0 Å². The Morgan fingerprint density at radius 1 is 1.50 bits per heavy atom. The van der Waals surface area contributed by atoms with Crippen LogP contribution in [-0.2, 0) is 9.53 Å². The molecule has 1 heterocycles. The number of carbonyl (C=O) groups excluding carboxylic acids is 2. The number of rotatable bonds is 4. The van der Waals surface area contributed by atoms with Crippen LogP contribution in [0.2, 0.25) is 5.15 Å². The van der Waals surface area contributed by atoms with Crippen molar-refractivity contribution in [3.63, 3.8) is 0 Å². The summed E-state index contributed by atoms with van der Waals surface area (Å²) in [6.45, 7) is 1.78. The van der Waals surface area contributed by atoms with E-state index in [0.29, 0.717) is 5.03 Å². The third kappa shape index (κ3) is 2.96. The zero-order valence-corrected chi connectivity index (χ0v) is 10.4. The van der Waals surface area contributed by atoms with Gasteiger partial charge in [-0.15, -0.1) is 11.8 Å². The first-order valence-electron chi connectivity index (χ1n) is 4.52. The average molecular weight is 260 g/mol. The zero-order chi connectivity index (χ0) is 12.1. The second-order valence-corrected chi connectivity index (χ2v) is 3.93. The van der Waals surface area contributed by atoms with Gasteiger partial charge >= 0.3 is 5.97 Å². The van der Waals surface area contributed by atoms with Gasteiger partial charge in [-0.2, -0.15) is 0 Å². The van der Waals surface area contributed by atoms with E-state index in [1.807, 2.05) is 6.26 Å². The molecule has 0 radical (unpaired) electrons. The first kappa shape index (κ1) is 13.0. The van der Waals surface area contributed by atoms with Gasteiger partial charge in [-0.05, 0) is 25.3 Å². The lowest BCUT2D eigenvalue weighted by Crippen LogP contribution is -2.18. The second kappa shape index (κ2) is 5.86. The van der Waals surface area contributed by atoms with Gasteiger partial charge in [-0.1, -0.05) is 11.6 Å². The molecule has 0 bridgehead atoms. The third-order valence-electron chi connectivity index (χ3n) is 1.74. The van der Waals surface area contributed by atoms with E-state index in [2.05, 4.69) is 9.72 Å². The Kier molecular flexibility index (Phi) is 4.76. The van der Waals surface area contributed by atoms with Crippen LogP contribution in [0.25, 0.3) is 0 Å². The number of nitrogens with zero attached hydrogens (tertiary/aromatic N) is 1. The summed E-state index contributed by atoms with van der Waals surface area (Å²) < 4.78 is 4.59. The summed E-state index contributed by atoms with van der Waals surface area (Å²) in [4.78, 5) is 26.7. The van der Waals surface area contributed by atoms with Crippen LogP contribution in [0.15, 0.2) is 17.2 Å². The molecule has 0 aromatic carbocycles. The van der Waals surface area contributed by atoms with E-state index in [1.54, 1.807) is 13.0 Å². The van der Waals surface area contributed by atoms with Gasteiger partial charge in [0.05, 0.1) is 17.2 Å². The topological polar surface area (TPSA) is 56.3 Å². The lowest BCUT2D eigenvalue weighted by Gasteiger charge is -2.03. The third-order valence-corrected chi connectivity index (χ3v) is 2.67. The van der Waals surface area contributed by atoms with Crippen LogP contribution >= 0.6 is 23.4 Å². The molecule has 0 aliphatic heterocycles. The van der Waals surface area contributed by atoms with Crippen LogP contribution in [0.3, 0.4) is 0 Å². The number of pyridine rings is 1. The quantitative estimate of drug-likeness (QED) is 0.273. The van der Waals surface area contributed by atoms with E-state index >= 15 is 0 Å². The Labute approximate surface area is 102 Å². The van der Waals surface area contributed by atoms with Crippen LogP contribution in [0.4, 0.5) is 0 Å². The van der Waals surface area contributed by atoms with Gasteiger partial charge in [0.1, 0.15) is 5.15 Å². The van der Waals surface area contributed by atoms with Crippen molar-refractivity contribution in [2.24, 2.45) is 0 Å². The molecule has 0 aliphatic rings. The minimum absolute atomic E-state index is 0.0184. The van der Waals surface area contributed by atoms with Crippen molar-refractivity contribution in [3.05, 3.63) is 22.8 Å². The number of ketones is 1. The molecule has 1 aromatic rings. The molecule has 0 saturated carbocycles. The molecule has 4 nitrogen and oxygen atoms in total. The number of Topliss-reactive ketones (excluding diaryl/α,β-unsaturated/α-hetero) is 1. The molecular weight excluding hydrogens is 250 g/mol. The summed E-state index contributed by atoms with van der Waals surface area (Å²) in [5.74, 6) is -1.69. The van der Waals surface area contributed by atoms with Gasteiger partial charge < -0.3 is 4.74 Å². The number of esters is 1. The maximum atomic E-state index is 11.5. The summed E-state index contributed by atoms with van der Waals surface area (Å²) in [6, 6.07) is 3.10. The molecule has 0 fully saturated rings. The highest BCUT2D eigenvalue weighted by Gasteiger charge is 2.21. The molecular formula is C10H10ClNO3S. The van der Waals surface area contributed by atoms with Crippen LogP contribution in [0, 0.1) is 0 Å². The molecule has 0 aliphatic carbocycles. The van der Waals surface area contributed by atoms with E-state index in [1.165, 1.54) is 17.8 Å². The number of aromatic nitrogens is 1. The normalized spacial score (nSPS) is 9.94. The summed E-state index contributed by atoms with van der Waals surface area (Å²) in [6.07, 6.45) is 1.84. The summed E-state index contributed by atoms with van der Waals surface area (Å²) in [5.41, 5.74) is 0.0675. The van der Waals surface area contributed by atoms with E-state index < -0.39 is 11.8 Å². The molecule has 0 unspecified atom stereocenters. The lowest BCUT2D eigenvalue weighted by atomic mass is 10.2. The van der Waals surface area contributed by atoms with Crippen LogP contribution in [0.1, 0.15) is 17.3 Å². The lowest BCUT2D eigenvalue weighted by molar-refractivity contribution is -0.137. The van der Waals surface area contributed by atoms with Gasteiger partial charge in [0, 0.05) is 0 Å². The maximum Gasteiger partial charge on any atom is 0.379 e. The first-order chi connectivity index (χ1) is 7.60. The predicted octanol–water partition coefficient (Wildman–Crippen LogP) is 2.20. The van der Waals surface area contributed by atoms with E-state index in [0.717, 1.165) is 0 Å². The van der Waals surface area contributed by atoms with Crippen molar-refractivity contribution < 1.29 is 14.3 Å². The van der Waals surface area contributed by atoms with E-state index in [-0.39, 0.29) is 17.3 Å². The second-order valence-electron chi connectivity index (χ2n) is 2.74. The zero-order valence-electron chi connectivity index (χ0n) is 8.82. The highest BCUT2D eigenvalue weighted by molar-refractivity contribution is 7.98. The molecule has 0 N–H and O–H groups in total. The van der Waals surface area contributed by atoms with Crippen molar-refractivity contribution in [2.75, 3.05) is 12.9 Å². The van der Waals surface area contributed by atoms with Crippen LogP contribution < -0.4 is 0 Å². The summed E-state index contributed by atoms with van der Waals surface area (Å²) in [5, 5.41) is 0.704. The average Bonchev–Trinajstić information content (AvgIpc) is 2.28. The Morgan fingerprint density at radius 2 is 2.19 bits per heavy atom. The number of hydrogen-bond donors (Lipinski definition) is 0. The monoisotopic (exact) mass is 259 g/mol. The molecule has 0 amide bonds. The summed E-state index contributed by atoms with van der Waals surface area (Å²) in [7, 11) is 0. The molecule has 16 heavy (non-hydrogen) atoms. The molecule has 0 spiro atoms. The fraction of sp³-hybridized carbons (Fsp3) is 0.300. The maximum absolute atomic E-state index is 11.5. The van der Waals surface area contributed by atoms with Crippen molar-refractivity contribution in [3.8, 4) is 0 Å². The van der Waals surface area contributed by atoms with Gasteiger partial charge in [0.15, 0.2) is 0 Å². The van der Waals surface area contributed by atoms with Crippen LogP contribution in [-0.4, -0.2) is 29.6 Å². The molecule has 1 rings (SSSR count). The molecule has 6 heteroatoms. The van der Waals surface area contributed by atoms with E-state index in [9.17, 15) is 9.59 Å². The molecule has 86 valence electrons. The standard InChI is InChI=1S/C10H10ClNO3S/c1-3-15-10(14)8(13)6-4-5-7(16-2)12-9(6)11/h4-5H,3H2,1-2H3. The number of hydrogen-bond acceptors (Lipinski definition) is 5. The smallest absolute Gasteiger partial charge is 0.379 e. The fourth-order valence-corrected chi connectivity index (χ4v) is 1.68. The Balaban J connectivity index is 2.96. The van der Waals surface area contributed by atoms with Gasteiger partial charge in [0.2, 0.25) is 0 Å². The van der Waals surface area contributed by atoms with Gasteiger partial charge in [-0.3, -0.25) is 4.79 Å². The first-order valence-corrected chi connectivity index (χ1v) is 6.12. The number of halogens is 1. The molecule has 0 atom stereocenters. The Morgan fingerprint density at radius 3 is 2.69 bits per heavy atom. The largest absolute Gasteiger partial charge is 0.460 e. The van der Waals surface area contributed by atoms with E-state index in [4.69, 9.17) is 11.6 Å². The predicted molar refractivity (Wildman–Crippen MR) is 62.0 cm³/mol. The molecule has 0 saturated heterocycles. The number of thioether (sulfide) groups is 1. The number of carbonyl (C=O) groups is 2. The minimum Gasteiger partial charge on any atom is -0.460 e. The van der Waals surface area contributed by atoms with Crippen molar-refractivity contribution >= 4 is 35.1 Å².